The second kappa shape index (κ2) is 6.34. The molecule has 130 valence electrons. The molecule has 1 aromatic rings. The molecule has 0 N–H and O–H groups in total. The number of amides is 2. The third-order valence-corrected chi connectivity index (χ3v) is 6.02. The third kappa shape index (κ3) is 3.13. The Kier molecular flexibility index (Phi) is 4.54. The molecule has 0 spiro atoms. The standard InChI is InChI=1S/C15H17ClN2O5S/c1-10-9-17(5-6-23-10)15(20)11-2-3-12(16)13(8-11)18-14(19)4-7-24(18,21)22/h2-3,8,10H,4-7,9H2,1H3. The number of sulfonamides is 1. The SMILES string of the molecule is CC1CN(C(=O)c2ccc(Cl)c(N3C(=O)CCS3(=O)=O)c2)CCO1. The van der Waals surface area contributed by atoms with E-state index in [1.807, 2.05) is 6.92 Å². The van der Waals surface area contributed by atoms with Crippen molar-refractivity contribution in [1.29, 1.82) is 0 Å². The molecule has 2 aliphatic heterocycles. The Labute approximate surface area is 145 Å². The van der Waals surface area contributed by atoms with E-state index in [1.165, 1.54) is 18.2 Å². The number of carbonyl (C=O) groups excluding carboxylic acids is 2. The summed E-state index contributed by atoms with van der Waals surface area (Å²) in [7, 11) is -3.73. The topological polar surface area (TPSA) is 84.0 Å². The average molecular weight is 373 g/mol. The fraction of sp³-hybridized carbons (Fsp3) is 0.467. The molecule has 0 aromatic heterocycles. The van der Waals surface area contributed by atoms with E-state index < -0.39 is 15.9 Å². The Morgan fingerprint density at radius 1 is 1.38 bits per heavy atom. The molecule has 2 aliphatic rings. The monoisotopic (exact) mass is 372 g/mol. The van der Waals surface area contributed by atoms with Gasteiger partial charge in [0.2, 0.25) is 15.9 Å². The smallest absolute Gasteiger partial charge is 0.254 e. The third-order valence-electron chi connectivity index (χ3n) is 4.02. The maximum Gasteiger partial charge on any atom is 0.254 e. The summed E-state index contributed by atoms with van der Waals surface area (Å²) >= 11 is 6.08. The highest BCUT2D eigenvalue weighted by molar-refractivity contribution is 7.94. The van der Waals surface area contributed by atoms with Gasteiger partial charge in [0.25, 0.3) is 5.91 Å². The van der Waals surface area contributed by atoms with Crippen LogP contribution in [0.4, 0.5) is 5.69 Å². The van der Waals surface area contributed by atoms with Crippen molar-refractivity contribution in [2.45, 2.75) is 19.4 Å². The van der Waals surface area contributed by atoms with E-state index in [0.717, 1.165) is 0 Å². The summed E-state index contributed by atoms with van der Waals surface area (Å²) in [5.41, 5.74) is 0.324. The minimum atomic E-state index is -3.73. The summed E-state index contributed by atoms with van der Waals surface area (Å²) in [6, 6.07) is 4.34. The number of hydrogen-bond donors (Lipinski definition) is 0. The quantitative estimate of drug-likeness (QED) is 0.780. The van der Waals surface area contributed by atoms with Crippen LogP contribution in [-0.4, -0.2) is 56.7 Å². The summed E-state index contributed by atoms with van der Waals surface area (Å²) in [4.78, 5) is 26.2. The van der Waals surface area contributed by atoms with Crippen molar-refractivity contribution in [2.24, 2.45) is 0 Å². The van der Waals surface area contributed by atoms with Crippen LogP contribution < -0.4 is 4.31 Å². The molecule has 1 atom stereocenters. The number of hydrogen-bond acceptors (Lipinski definition) is 5. The molecule has 2 saturated heterocycles. The van der Waals surface area contributed by atoms with Crippen LogP contribution in [0.15, 0.2) is 18.2 Å². The average Bonchev–Trinajstić information content (AvgIpc) is 2.81. The Bertz CT molecular complexity index is 795. The molecule has 0 saturated carbocycles. The van der Waals surface area contributed by atoms with Crippen molar-refractivity contribution in [3.63, 3.8) is 0 Å². The van der Waals surface area contributed by atoms with E-state index in [0.29, 0.717) is 29.6 Å². The number of rotatable bonds is 2. The van der Waals surface area contributed by atoms with Gasteiger partial charge in [0.15, 0.2) is 0 Å². The molecule has 9 heteroatoms. The molecule has 2 amide bonds. The lowest BCUT2D eigenvalue weighted by molar-refractivity contribution is -0.116. The van der Waals surface area contributed by atoms with Crippen molar-refractivity contribution in [2.75, 3.05) is 29.8 Å². The van der Waals surface area contributed by atoms with Crippen molar-refractivity contribution in [3.8, 4) is 0 Å². The van der Waals surface area contributed by atoms with Crippen LogP contribution in [0.3, 0.4) is 0 Å². The Balaban J connectivity index is 1.95. The van der Waals surface area contributed by atoms with Crippen LogP contribution in [0.1, 0.15) is 23.7 Å². The second-order valence-electron chi connectivity index (χ2n) is 5.82. The lowest BCUT2D eigenvalue weighted by atomic mass is 10.1. The van der Waals surface area contributed by atoms with E-state index in [9.17, 15) is 18.0 Å². The van der Waals surface area contributed by atoms with Gasteiger partial charge in [-0.1, -0.05) is 11.6 Å². The molecule has 24 heavy (non-hydrogen) atoms. The molecule has 7 nitrogen and oxygen atoms in total. The first-order chi connectivity index (χ1) is 11.3. The molecule has 1 aromatic carbocycles. The predicted molar refractivity (Wildman–Crippen MR) is 88.7 cm³/mol. The van der Waals surface area contributed by atoms with Gasteiger partial charge in [-0.2, -0.15) is 0 Å². The maximum absolute atomic E-state index is 12.6. The van der Waals surface area contributed by atoms with Crippen LogP contribution in [-0.2, 0) is 19.6 Å². The van der Waals surface area contributed by atoms with Gasteiger partial charge in [0.05, 0.1) is 29.2 Å². The van der Waals surface area contributed by atoms with Gasteiger partial charge in [0.1, 0.15) is 0 Å². The van der Waals surface area contributed by atoms with Crippen molar-refractivity contribution < 1.29 is 22.7 Å². The summed E-state index contributed by atoms with van der Waals surface area (Å²) in [6.45, 7) is 3.24. The fourth-order valence-electron chi connectivity index (χ4n) is 2.84. The highest BCUT2D eigenvalue weighted by Gasteiger charge is 2.38. The summed E-state index contributed by atoms with van der Waals surface area (Å²) in [5, 5.41) is 0.112. The maximum atomic E-state index is 12.6. The van der Waals surface area contributed by atoms with Crippen molar-refractivity contribution >= 4 is 39.1 Å². The lowest BCUT2D eigenvalue weighted by Crippen LogP contribution is -2.44. The lowest BCUT2D eigenvalue weighted by Gasteiger charge is -2.31. The summed E-state index contributed by atoms with van der Waals surface area (Å²) in [5.74, 6) is -1.03. The molecule has 0 aliphatic carbocycles. The summed E-state index contributed by atoms with van der Waals surface area (Å²) in [6.07, 6.45) is -0.146. The van der Waals surface area contributed by atoms with Gasteiger partial charge >= 0.3 is 0 Å². The number of nitrogens with zero attached hydrogens (tertiary/aromatic N) is 2. The fourth-order valence-corrected chi connectivity index (χ4v) is 4.55. The van der Waals surface area contributed by atoms with Gasteiger partial charge in [0, 0.05) is 25.1 Å². The molecule has 2 heterocycles. The zero-order valence-electron chi connectivity index (χ0n) is 13.1. The number of ether oxygens (including phenoxy) is 1. The molecule has 2 fully saturated rings. The van der Waals surface area contributed by atoms with Gasteiger partial charge in [-0.15, -0.1) is 0 Å². The van der Waals surface area contributed by atoms with E-state index >= 15 is 0 Å². The molecule has 3 rings (SSSR count). The minimum Gasteiger partial charge on any atom is -0.375 e. The van der Waals surface area contributed by atoms with Gasteiger partial charge in [-0.3, -0.25) is 9.59 Å². The van der Waals surface area contributed by atoms with Crippen LogP contribution in [0.2, 0.25) is 5.02 Å². The second-order valence-corrected chi connectivity index (χ2v) is 8.17. The highest BCUT2D eigenvalue weighted by atomic mass is 35.5. The number of anilines is 1. The molecule has 0 bridgehead atoms. The van der Waals surface area contributed by atoms with E-state index in [1.54, 1.807) is 4.90 Å². The normalized spacial score (nSPS) is 23.6. The molecule has 1 unspecified atom stereocenters. The predicted octanol–water partition coefficient (Wildman–Crippen LogP) is 1.27. The van der Waals surface area contributed by atoms with E-state index in [-0.39, 0.29) is 34.9 Å². The summed E-state index contributed by atoms with van der Waals surface area (Å²) < 4.78 is 30.3. The molecular weight excluding hydrogens is 356 g/mol. The first-order valence-corrected chi connectivity index (χ1v) is 9.54. The largest absolute Gasteiger partial charge is 0.375 e. The highest BCUT2D eigenvalue weighted by Crippen LogP contribution is 2.33. The van der Waals surface area contributed by atoms with Gasteiger partial charge in [-0.25, -0.2) is 12.7 Å². The minimum absolute atomic E-state index is 0.0336. The number of morpholine rings is 1. The van der Waals surface area contributed by atoms with Gasteiger partial charge in [-0.05, 0) is 25.1 Å². The van der Waals surface area contributed by atoms with Crippen LogP contribution in [0, 0.1) is 0 Å². The Morgan fingerprint density at radius 2 is 2.12 bits per heavy atom. The molecule has 0 radical (unpaired) electrons. The Morgan fingerprint density at radius 3 is 2.75 bits per heavy atom. The van der Waals surface area contributed by atoms with E-state index in [4.69, 9.17) is 16.3 Å². The van der Waals surface area contributed by atoms with Crippen molar-refractivity contribution in [1.82, 2.24) is 4.90 Å². The zero-order chi connectivity index (χ0) is 17.5. The molecular formula is C15H17ClN2O5S. The van der Waals surface area contributed by atoms with Crippen molar-refractivity contribution in [3.05, 3.63) is 28.8 Å². The van der Waals surface area contributed by atoms with Crippen LogP contribution >= 0.6 is 11.6 Å². The van der Waals surface area contributed by atoms with Gasteiger partial charge < -0.3 is 9.64 Å². The first-order valence-electron chi connectivity index (χ1n) is 7.56. The first kappa shape index (κ1) is 17.2. The Hall–Kier alpha value is -1.64. The van der Waals surface area contributed by atoms with Crippen LogP contribution in [0.5, 0.6) is 0 Å². The zero-order valence-corrected chi connectivity index (χ0v) is 14.6. The van der Waals surface area contributed by atoms with Crippen LogP contribution in [0.25, 0.3) is 0 Å². The number of carbonyl (C=O) groups is 2. The number of halogens is 1. The van der Waals surface area contributed by atoms with E-state index in [2.05, 4.69) is 0 Å². The number of benzene rings is 1.